The molecule has 0 aliphatic rings. The van der Waals surface area contributed by atoms with Crippen LogP contribution in [0.4, 0.5) is 17.1 Å². The van der Waals surface area contributed by atoms with Crippen LogP contribution < -0.4 is 4.90 Å². The first kappa shape index (κ1) is 14.7. The van der Waals surface area contributed by atoms with Gasteiger partial charge in [-0.3, -0.25) is 9.59 Å². The number of benzene rings is 3. The van der Waals surface area contributed by atoms with E-state index in [1.165, 1.54) is 0 Å². The molecule has 112 valence electrons. The summed E-state index contributed by atoms with van der Waals surface area (Å²) in [6.07, 6.45) is 1.66. The largest absolute Gasteiger partial charge is 0.309 e. The van der Waals surface area contributed by atoms with Crippen LogP contribution in [0.3, 0.4) is 0 Å². The lowest BCUT2D eigenvalue weighted by atomic mass is 10.1. The van der Waals surface area contributed by atoms with Crippen molar-refractivity contribution in [3.05, 3.63) is 90.0 Å². The molecule has 0 bridgehead atoms. The summed E-state index contributed by atoms with van der Waals surface area (Å²) in [5.74, 6) is 0. The van der Waals surface area contributed by atoms with Crippen molar-refractivity contribution in [2.75, 3.05) is 4.90 Å². The zero-order valence-electron chi connectivity index (χ0n) is 12.4. The maximum atomic E-state index is 11.5. The van der Waals surface area contributed by atoms with Crippen LogP contribution in [0, 0.1) is 0 Å². The fourth-order valence-electron chi connectivity index (χ4n) is 2.57. The Morgan fingerprint density at radius 1 is 0.565 bits per heavy atom. The summed E-state index contributed by atoms with van der Waals surface area (Å²) >= 11 is 0. The van der Waals surface area contributed by atoms with Gasteiger partial charge in [0.05, 0.1) is 11.4 Å². The molecule has 0 unspecified atom stereocenters. The van der Waals surface area contributed by atoms with Crippen molar-refractivity contribution in [2.24, 2.45) is 0 Å². The minimum Gasteiger partial charge on any atom is -0.309 e. The van der Waals surface area contributed by atoms with E-state index in [9.17, 15) is 9.59 Å². The van der Waals surface area contributed by atoms with Crippen molar-refractivity contribution >= 4 is 29.6 Å². The lowest BCUT2D eigenvalue weighted by Gasteiger charge is -2.27. The van der Waals surface area contributed by atoms with Gasteiger partial charge in [-0.25, -0.2) is 0 Å². The SMILES string of the molecule is O=Cc1ccccc1N(c1ccccc1)c1ccccc1C=O. The average Bonchev–Trinajstić information content (AvgIpc) is 2.64. The number of nitrogens with zero attached hydrogens (tertiary/aromatic N) is 1. The Morgan fingerprint density at radius 2 is 1.00 bits per heavy atom. The summed E-state index contributed by atoms with van der Waals surface area (Å²) < 4.78 is 0. The molecule has 0 N–H and O–H groups in total. The predicted molar refractivity (Wildman–Crippen MR) is 91.9 cm³/mol. The number of carbonyl (C=O) groups excluding carboxylic acids is 2. The van der Waals surface area contributed by atoms with Crippen LogP contribution in [0.5, 0.6) is 0 Å². The number of aldehydes is 2. The number of anilines is 3. The van der Waals surface area contributed by atoms with Gasteiger partial charge in [-0.15, -0.1) is 0 Å². The lowest BCUT2D eigenvalue weighted by molar-refractivity contribution is 0.111. The zero-order valence-corrected chi connectivity index (χ0v) is 12.4. The van der Waals surface area contributed by atoms with Gasteiger partial charge in [0, 0.05) is 16.8 Å². The predicted octanol–water partition coefficient (Wildman–Crippen LogP) is 4.78. The van der Waals surface area contributed by atoms with Crippen LogP contribution in [-0.2, 0) is 0 Å². The molecule has 3 aromatic rings. The average molecular weight is 301 g/mol. The molecule has 3 heteroatoms. The highest BCUT2D eigenvalue weighted by atomic mass is 16.1. The number of para-hydroxylation sites is 3. The number of rotatable bonds is 5. The maximum Gasteiger partial charge on any atom is 0.152 e. The van der Waals surface area contributed by atoms with Gasteiger partial charge in [-0.1, -0.05) is 42.5 Å². The molecule has 0 aliphatic carbocycles. The third kappa shape index (κ3) is 2.90. The van der Waals surface area contributed by atoms with E-state index >= 15 is 0 Å². The molecular weight excluding hydrogens is 286 g/mol. The van der Waals surface area contributed by atoms with Crippen molar-refractivity contribution in [2.45, 2.75) is 0 Å². The molecule has 0 saturated heterocycles. The van der Waals surface area contributed by atoms with Crippen molar-refractivity contribution < 1.29 is 9.59 Å². The normalized spacial score (nSPS) is 10.1. The minimum atomic E-state index is 0.567. The summed E-state index contributed by atoms with van der Waals surface area (Å²) in [6, 6.07) is 24.4. The van der Waals surface area contributed by atoms with Crippen LogP contribution in [0.1, 0.15) is 20.7 Å². The number of hydrogen-bond donors (Lipinski definition) is 0. The zero-order chi connectivity index (χ0) is 16.1. The summed E-state index contributed by atoms with van der Waals surface area (Å²) in [5, 5.41) is 0. The van der Waals surface area contributed by atoms with E-state index in [-0.39, 0.29) is 0 Å². The van der Waals surface area contributed by atoms with Crippen molar-refractivity contribution in [3.63, 3.8) is 0 Å². The molecule has 3 aromatic carbocycles. The van der Waals surface area contributed by atoms with E-state index in [2.05, 4.69) is 0 Å². The first-order chi connectivity index (χ1) is 11.3. The monoisotopic (exact) mass is 301 g/mol. The highest BCUT2D eigenvalue weighted by Crippen LogP contribution is 2.37. The van der Waals surface area contributed by atoms with Crippen LogP contribution in [0.25, 0.3) is 0 Å². The van der Waals surface area contributed by atoms with Gasteiger partial charge in [0.25, 0.3) is 0 Å². The fourth-order valence-corrected chi connectivity index (χ4v) is 2.57. The van der Waals surface area contributed by atoms with Gasteiger partial charge < -0.3 is 4.90 Å². The summed E-state index contributed by atoms with van der Waals surface area (Å²) in [7, 11) is 0. The van der Waals surface area contributed by atoms with Crippen LogP contribution in [0.15, 0.2) is 78.9 Å². The summed E-state index contributed by atoms with van der Waals surface area (Å²) in [6.45, 7) is 0. The lowest BCUT2D eigenvalue weighted by Crippen LogP contribution is -2.13. The van der Waals surface area contributed by atoms with Gasteiger partial charge in [-0.05, 0) is 36.4 Å². The van der Waals surface area contributed by atoms with Crippen molar-refractivity contribution in [1.29, 1.82) is 0 Å². The molecule has 0 spiro atoms. The smallest absolute Gasteiger partial charge is 0.152 e. The summed E-state index contributed by atoms with van der Waals surface area (Å²) in [5.41, 5.74) is 3.50. The van der Waals surface area contributed by atoms with Crippen molar-refractivity contribution in [3.8, 4) is 0 Å². The molecule has 0 atom stereocenters. The highest BCUT2D eigenvalue weighted by Gasteiger charge is 2.17. The molecule has 0 aliphatic heterocycles. The molecule has 3 nitrogen and oxygen atoms in total. The van der Waals surface area contributed by atoms with Crippen LogP contribution in [0.2, 0.25) is 0 Å². The van der Waals surface area contributed by atoms with Gasteiger partial charge in [0.2, 0.25) is 0 Å². The quantitative estimate of drug-likeness (QED) is 0.636. The van der Waals surface area contributed by atoms with Gasteiger partial charge in [-0.2, -0.15) is 0 Å². The van der Waals surface area contributed by atoms with E-state index in [0.717, 1.165) is 29.6 Å². The van der Waals surface area contributed by atoms with Crippen LogP contribution in [-0.4, -0.2) is 12.6 Å². The molecule has 0 amide bonds. The molecular formula is C20H15NO2. The fraction of sp³-hybridized carbons (Fsp3) is 0. The second kappa shape index (κ2) is 6.71. The van der Waals surface area contributed by atoms with Crippen LogP contribution >= 0.6 is 0 Å². The first-order valence-electron chi connectivity index (χ1n) is 7.28. The Hall–Kier alpha value is -3.20. The van der Waals surface area contributed by atoms with E-state index < -0.39 is 0 Å². The van der Waals surface area contributed by atoms with E-state index in [1.807, 2.05) is 71.6 Å². The molecule has 0 radical (unpaired) electrons. The number of hydrogen-bond acceptors (Lipinski definition) is 3. The minimum absolute atomic E-state index is 0.567. The Balaban J connectivity index is 2.27. The summed E-state index contributed by atoms with van der Waals surface area (Å²) in [4.78, 5) is 24.8. The van der Waals surface area contributed by atoms with E-state index in [4.69, 9.17) is 0 Å². The van der Waals surface area contributed by atoms with Gasteiger partial charge in [0.15, 0.2) is 12.6 Å². The topological polar surface area (TPSA) is 37.4 Å². The second-order valence-corrected chi connectivity index (χ2v) is 5.02. The van der Waals surface area contributed by atoms with Crippen molar-refractivity contribution in [1.82, 2.24) is 0 Å². The third-order valence-corrected chi connectivity index (χ3v) is 3.62. The first-order valence-corrected chi connectivity index (χ1v) is 7.28. The molecule has 0 heterocycles. The van der Waals surface area contributed by atoms with Gasteiger partial charge >= 0.3 is 0 Å². The standard InChI is InChI=1S/C20H15NO2/c22-14-16-8-4-6-12-19(16)21(18-10-2-1-3-11-18)20-13-7-5-9-17(20)15-23/h1-15H. The second-order valence-electron chi connectivity index (χ2n) is 5.02. The Kier molecular flexibility index (Phi) is 4.29. The molecule has 23 heavy (non-hydrogen) atoms. The highest BCUT2D eigenvalue weighted by molar-refractivity contribution is 5.95. The molecule has 3 rings (SSSR count). The van der Waals surface area contributed by atoms with E-state index in [0.29, 0.717) is 11.1 Å². The maximum absolute atomic E-state index is 11.5. The third-order valence-electron chi connectivity index (χ3n) is 3.62. The molecule has 0 fully saturated rings. The Morgan fingerprint density at radius 3 is 1.48 bits per heavy atom. The Labute approximate surface area is 134 Å². The van der Waals surface area contributed by atoms with E-state index in [1.54, 1.807) is 12.1 Å². The molecule has 0 saturated carbocycles. The number of carbonyl (C=O) groups is 2. The molecule has 0 aromatic heterocycles. The Bertz CT molecular complexity index is 776. The van der Waals surface area contributed by atoms with Gasteiger partial charge in [0.1, 0.15) is 0 Å².